The predicted octanol–water partition coefficient (Wildman–Crippen LogP) is -0.0908. The highest BCUT2D eigenvalue weighted by Gasteiger charge is 2.37. The molecule has 1 amide bonds. The zero-order chi connectivity index (χ0) is 14.1. The van der Waals surface area contributed by atoms with Crippen LogP contribution < -0.4 is 5.73 Å². The molecule has 18 heavy (non-hydrogen) atoms. The lowest BCUT2D eigenvalue weighted by molar-refractivity contribution is 0.0276. The molecule has 0 radical (unpaired) electrons. The summed E-state index contributed by atoms with van der Waals surface area (Å²) in [5.41, 5.74) is 5.14. The van der Waals surface area contributed by atoms with Gasteiger partial charge < -0.3 is 15.4 Å². The Morgan fingerprint density at radius 2 is 1.89 bits per heavy atom. The van der Waals surface area contributed by atoms with Crippen molar-refractivity contribution in [2.45, 2.75) is 38.5 Å². The van der Waals surface area contributed by atoms with E-state index < -0.39 is 34.0 Å². The average molecular weight is 280 g/mol. The van der Waals surface area contributed by atoms with E-state index in [1.54, 1.807) is 20.8 Å². The second-order valence-corrected chi connectivity index (χ2v) is 6.99. The van der Waals surface area contributed by atoms with E-state index in [4.69, 9.17) is 14.7 Å². The van der Waals surface area contributed by atoms with Crippen molar-refractivity contribution in [3.63, 3.8) is 0 Å². The Bertz CT molecular complexity index is 414. The first-order valence-corrected chi connectivity index (χ1v) is 7.41. The average Bonchev–Trinajstić information content (AvgIpc) is 2.42. The number of nitrogens with zero attached hydrogens (tertiary/aromatic N) is 1. The zero-order valence-electron chi connectivity index (χ0n) is 11.0. The standard InChI is InChI=1S/C10H20N2O5S/c1-10(2,3)16-9(13)12-5-7(11)8(6-12)17-18(4,14)15/h7-8H,5-6,11H2,1-4H3/t7-,8-/m0/s1. The fraction of sp³-hybridized carbons (Fsp3) is 0.900. The summed E-state index contributed by atoms with van der Waals surface area (Å²) in [5.74, 6) is 0. The van der Waals surface area contributed by atoms with E-state index in [0.29, 0.717) is 0 Å². The summed E-state index contributed by atoms with van der Waals surface area (Å²) in [5, 5.41) is 0. The molecule has 8 heteroatoms. The number of nitrogens with two attached hydrogens (primary N) is 1. The van der Waals surface area contributed by atoms with Crippen molar-refractivity contribution in [2.24, 2.45) is 5.73 Å². The third kappa shape index (κ3) is 4.79. The monoisotopic (exact) mass is 280 g/mol. The van der Waals surface area contributed by atoms with Gasteiger partial charge in [-0.1, -0.05) is 0 Å². The number of ether oxygens (including phenoxy) is 1. The van der Waals surface area contributed by atoms with Crippen LogP contribution in [-0.2, 0) is 19.0 Å². The van der Waals surface area contributed by atoms with Crippen LogP contribution in [0.25, 0.3) is 0 Å². The van der Waals surface area contributed by atoms with Crippen LogP contribution in [0.2, 0.25) is 0 Å². The Balaban J connectivity index is 2.61. The molecule has 0 aromatic rings. The van der Waals surface area contributed by atoms with Gasteiger partial charge in [-0.15, -0.1) is 0 Å². The van der Waals surface area contributed by atoms with Gasteiger partial charge in [-0.05, 0) is 20.8 Å². The van der Waals surface area contributed by atoms with Crippen molar-refractivity contribution in [3.05, 3.63) is 0 Å². The summed E-state index contributed by atoms with van der Waals surface area (Å²) in [6.45, 7) is 5.60. The van der Waals surface area contributed by atoms with E-state index >= 15 is 0 Å². The molecule has 0 unspecified atom stereocenters. The minimum Gasteiger partial charge on any atom is -0.444 e. The van der Waals surface area contributed by atoms with Gasteiger partial charge >= 0.3 is 6.09 Å². The molecule has 1 saturated heterocycles. The van der Waals surface area contributed by atoms with Crippen LogP contribution in [0.15, 0.2) is 0 Å². The summed E-state index contributed by atoms with van der Waals surface area (Å²) >= 11 is 0. The van der Waals surface area contributed by atoms with Gasteiger partial charge in [0.15, 0.2) is 0 Å². The van der Waals surface area contributed by atoms with Crippen molar-refractivity contribution in [2.75, 3.05) is 19.3 Å². The molecule has 106 valence electrons. The first kappa shape index (κ1) is 15.2. The highest BCUT2D eigenvalue weighted by atomic mass is 32.2. The van der Waals surface area contributed by atoms with Gasteiger partial charge in [0.05, 0.1) is 18.8 Å². The van der Waals surface area contributed by atoms with E-state index in [1.165, 1.54) is 4.90 Å². The highest BCUT2D eigenvalue weighted by molar-refractivity contribution is 7.86. The molecule has 1 rings (SSSR count). The molecule has 0 bridgehead atoms. The normalized spacial score (nSPS) is 25.3. The van der Waals surface area contributed by atoms with E-state index in [9.17, 15) is 13.2 Å². The van der Waals surface area contributed by atoms with Crippen molar-refractivity contribution in [1.82, 2.24) is 4.90 Å². The summed E-state index contributed by atoms with van der Waals surface area (Å²) in [7, 11) is -3.58. The number of likely N-dealkylation sites (tertiary alicyclic amines) is 1. The summed E-state index contributed by atoms with van der Waals surface area (Å²) in [4.78, 5) is 13.1. The fourth-order valence-corrected chi connectivity index (χ4v) is 2.25. The van der Waals surface area contributed by atoms with Gasteiger partial charge in [0.25, 0.3) is 10.1 Å². The maximum Gasteiger partial charge on any atom is 0.410 e. The number of hydrogen-bond acceptors (Lipinski definition) is 6. The molecule has 1 aliphatic rings. The molecule has 7 nitrogen and oxygen atoms in total. The Morgan fingerprint density at radius 3 is 2.33 bits per heavy atom. The molecular weight excluding hydrogens is 260 g/mol. The topological polar surface area (TPSA) is 98.9 Å². The molecule has 1 heterocycles. The van der Waals surface area contributed by atoms with Crippen LogP contribution in [0.1, 0.15) is 20.8 Å². The van der Waals surface area contributed by atoms with Crippen LogP contribution in [0, 0.1) is 0 Å². The Morgan fingerprint density at radius 1 is 1.33 bits per heavy atom. The largest absolute Gasteiger partial charge is 0.444 e. The molecule has 1 fully saturated rings. The molecule has 0 aromatic carbocycles. The first-order valence-electron chi connectivity index (χ1n) is 5.60. The van der Waals surface area contributed by atoms with E-state index in [2.05, 4.69) is 0 Å². The van der Waals surface area contributed by atoms with E-state index in [-0.39, 0.29) is 13.1 Å². The summed E-state index contributed by atoms with van der Waals surface area (Å²) in [6, 6.07) is -0.535. The molecule has 0 aliphatic carbocycles. The second kappa shape index (κ2) is 5.02. The molecule has 0 spiro atoms. The lowest BCUT2D eigenvalue weighted by Gasteiger charge is -2.24. The van der Waals surface area contributed by atoms with Gasteiger partial charge in [0.1, 0.15) is 11.7 Å². The number of amides is 1. The van der Waals surface area contributed by atoms with Crippen molar-refractivity contribution < 1.29 is 22.1 Å². The van der Waals surface area contributed by atoms with Crippen LogP contribution in [-0.4, -0.2) is 56.5 Å². The zero-order valence-corrected chi connectivity index (χ0v) is 11.9. The maximum atomic E-state index is 11.8. The van der Waals surface area contributed by atoms with Gasteiger partial charge in [-0.2, -0.15) is 8.42 Å². The number of rotatable bonds is 2. The van der Waals surface area contributed by atoms with Crippen molar-refractivity contribution >= 4 is 16.2 Å². The highest BCUT2D eigenvalue weighted by Crippen LogP contribution is 2.17. The lowest BCUT2D eigenvalue weighted by atomic mass is 10.2. The maximum absolute atomic E-state index is 11.8. The number of carbonyl (C=O) groups excluding carboxylic acids is 1. The Labute approximate surface area is 107 Å². The number of hydrogen-bond donors (Lipinski definition) is 1. The summed E-state index contributed by atoms with van der Waals surface area (Å²) < 4.78 is 32.0. The molecule has 0 aromatic heterocycles. The van der Waals surface area contributed by atoms with Crippen LogP contribution in [0.4, 0.5) is 4.79 Å². The van der Waals surface area contributed by atoms with Gasteiger partial charge in [0, 0.05) is 6.54 Å². The molecular formula is C10H20N2O5S. The third-order valence-electron chi connectivity index (χ3n) is 2.26. The Hall–Kier alpha value is -0.860. The smallest absolute Gasteiger partial charge is 0.410 e. The van der Waals surface area contributed by atoms with Crippen molar-refractivity contribution in [3.8, 4) is 0 Å². The minimum absolute atomic E-state index is 0.114. The molecule has 1 aliphatic heterocycles. The SMILES string of the molecule is CC(C)(C)OC(=O)N1C[C@H](OS(C)(=O)=O)[C@@H](N)C1. The minimum atomic E-state index is -3.58. The van der Waals surface area contributed by atoms with Gasteiger partial charge in [-0.3, -0.25) is 4.18 Å². The third-order valence-corrected chi connectivity index (χ3v) is 2.86. The Kier molecular flexibility index (Phi) is 4.24. The quantitative estimate of drug-likeness (QED) is 0.710. The van der Waals surface area contributed by atoms with E-state index in [0.717, 1.165) is 6.26 Å². The van der Waals surface area contributed by atoms with Gasteiger partial charge in [0.2, 0.25) is 0 Å². The van der Waals surface area contributed by atoms with E-state index in [1.807, 2.05) is 0 Å². The lowest BCUT2D eigenvalue weighted by Crippen LogP contribution is -2.37. The molecule has 2 atom stereocenters. The van der Waals surface area contributed by atoms with Crippen molar-refractivity contribution in [1.29, 1.82) is 0 Å². The second-order valence-electron chi connectivity index (χ2n) is 5.39. The molecule has 2 N–H and O–H groups in total. The van der Waals surface area contributed by atoms with Crippen LogP contribution in [0.5, 0.6) is 0 Å². The summed E-state index contributed by atoms with van der Waals surface area (Å²) in [6.07, 6.45) is -0.277. The first-order chi connectivity index (χ1) is 7.98. The van der Waals surface area contributed by atoms with Crippen LogP contribution in [0.3, 0.4) is 0 Å². The fourth-order valence-electron chi connectivity index (χ4n) is 1.60. The molecule has 0 saturated carbocycles. The van der Waals surface area contributed by atoms with Gasteiger partial charge in [-0.25, -0.2) is 4.79 Å². The van der Waals surface area contributed by atoms with Crippen LogP contribution >= 0.6 is 0 Å². The number of carbonyl (C=O) groups is 1. The predicted molar refractivity (Wildman–Crippen MR) is 65.5 cm³/mol.